The van der Waals surface area contributed by atoms with Crippen LogP contribution in [0.5, 0.6) is 5.75 Å². The summed E-state index contributed by atoms with van der Waals surface area (Å²) in [6.45, 7) is 4.25. The molecule has 0 spiro atoms. The lowest BCUT2D eigenvalue weighted by Gasteiger charge is -2.13. The molecule has 0 unspecified atom stereocenters. The Balaban J connectivity index is 2.65. The zero-order chi connectivity index (χ0) is 12.0. The van der Waals surface area contributed by atoms with Crippen LogP contribution >= 0.6 is 11.8 Å². The highest BCUT2D eigenvalue weighted by atomic mass is 32.2. The summed E-state index contributed by atoms with van der Waals surface area (Å²) in [6.07, 6.45) is -0.644. The zero-order valence-electron chi connectivity index (χ0n) is 9.57. The summed E-state index contributed by atoms with van der Waals surface area (Å²) in [6, 6.07) is 4.21. The van der Waals surface area contributed by atoms with Crippen LogP contribution < -0.4 is 4.74 Å². The third kappa shape index (κ3) is 4.02. The van der Waals surface area contributed by atoms with Gasteiger partial charge in [-0.25, -0.2) is 4.39 Å². The molecule has 16 heavy (non-hydrogen) atoms. The number of ether oxygens (including phenoxy) is 1. The average molecular weight is 244 g/mol. The van der Waals surface area contributed by atoms with Crippen LogP contribution in [0, 0.1) is 5.82 Å². The van der Waals surface area contributed by atoms with Crippen molar-refractivity contribution in [3.05, 3.63) is 29.6 Å². The number of aliphatic hydroxyl groups excluding tert-OH is 1. The highest BCUT2D eigenvalue weighted by Gasteiger charge is 2.10. The van der Waals surface area contributed by atoms with Gasteiger partial charge in [0.2, 0.25) is 0 Å². The van der Waals surface area contributed by atoms with Crippen LogP contribution in [0.15, 0.2) is 18.2 Å². The summed E-state index contributed by atoms with van der Waals surface area (Å²) in [5, 5.41) is 9.49. The average Bonchev–Trinajstić information content (AvgIpc) is 2.24. The molecule has 0 aliphatic rings. The Kier molecular flexibility index (Phi) is 5.63. The monoisotopic (exact) mass is 244 g/mol. The van der Waals surface area contributed by atoms with E-state index < -0.39 is 6.10 Å². The van der Waals surface area contributed by atoms with E-state index in [4.69, 9.17) is 4.74 Å². The van der Waals surface area contributed by atoms with E-state index in [1.807, 2.05) is 0 Å². The van der Waals surface area contributed by atoms with Crippen LogP contribution in [0.25, 0.3) is 0 Å². The summed E-state index contributed by atoms with van der Waals surface area (Å²) in [5.41, 5.74) is 0.628. The fourth-order valence-electron chi connectivity index (χ4n) is 1.33. The van der Waals surface area contributed by atoms with E-state index in [1.165, 1.54) is 12.1 Å². The third-order valence-electron chi connectivity index (χ3n) is 2.12. The predicted molar refractivity (Wildman–Crippen MR) is 65.5 cm³/mol. The third-order valence-corrected chi connectivity index (χ3v) is 2.98. The van der Waals surface area contributed by atoms with E-state index >= 15 is 0 Å². The predicted octanol–water partition coefficient (Wildman–Crippen LogP) is 3.01. The first kappa shape index (κ1) is 13.3. The highest BCUT2D eigenvalue weighted by Crippen LogP contribution is 2.26. The van der Waals surface area contributed by atoms with Crippen LogP contribution in [-0.4, -0.2) is 23.2 Å². The first-order valence-corrected chi connectivity index (χ1v) is 6.48. The summed E-state index contributed by atoms with van der Waals surface area (Å²) < 4.78 is 18.5. The van der Waals surface area contributed by atoms with Crippen molar-refractivity contribution in [3.8, 4) is 5.75 Å². The molecule has 0 amide bonds. The molecule has 0 fully saturated rings. The second-order valence-corrected chi connectivity index (χ2v) is 4.80. The van der Waals surface area contributed by atoms with E-state index in [2.05, 4.69) is 6.92 Å². The van der Waals surface area contributed by atoms with Gasteiger partial charge in [-0.15, -0.1) is 0 Å². The van der Waals surface area contributed by atoms with Crippen molar-refractivity contribution in [2.75, 3.05) is 18.1 Å². The summed E-state index contributed by atoms with van der Waals surface area (Å²) in [4.78, 5) is 0. The molecular weight excluding hydrogens is 227 g/mol. The van der Waals surface area contributed by atoms with Gasteiger partial charge in [0.1, 0.15) is 11.6 Å². The van der Waals surface area contributed by atoms with Crippen molar-refractivity contribution in [1.82, 2.24) is 0 Å². The summed E-state index contributed by atoms with van der Waals surface area (Å²) in [5.74, 6) is 2.00. The number of hydrogen-bond acceptors (Lipinski definition) is 3. The number of rotatable bonds is 6. The lowest BCUT2D eigenvalue weighted by Crippen LogP contribution is -2.04. The van der Waals surface area contributed by atoms with Crippen LogP contribution in [0.2, 0.25) is 0 Å². The maximum absolute atomic E-state index is 13.0. The van der Waals surface area contributed by atoms with Crippen LogP contribution in [0.1, 0.15) is 25.5 Å². The van der Waals surface area contributed by atoms with Crippen molar-refractivity contribution in [2.24, 2.45) is 0 Å². The van der Waals surface area contributed by atoms with Crippen molar-refractivity contribution in [2.45, 2.75) is 20.0 Å². The molecule has 1 atom stereocenters. The van der Waals surface area contributed by atoms with Gasteiger partial charge in [-0.1, -0.05) is 6.92 Å². The van der Waals surface area contributed by atoms with E-state index in [1.54, 1.807) is 24.8 Å². The second-order valence-electron chi connectivity index (χ2n) is 3.40. The van der Waals surface area contributed by atoms with Gasteiger partial charge in [-0.3, -0.25) is 0 Å². The highest BCUT2D eigenvalue weighted by molar-refractivity contribution is 7.99. The molecule has 0 bridgehead atoms. The van der Waals surface area contributed by atoms with Crippen LogP contribution in [-0.2, 0) is 0 Å². The SMILES string of the molecule is CCSCCOc1cc(F)ccc1[C@@H](C)O. The molecule has 1 aromatic rings. The van der Waals surface area contributed by atoms with Gasteiger partial charge in [0.05, 0.1) is 12.7 Å². The smallest absolute Gasteiger partial charge is 0.128 e. The fourth-order valence-corrected chi connectivity index (χ4v) is 1.82. The lowest BCUT2D eigenvalue weighted by atomic mass is 10.1. The molecule has 0 radical (unpaired) electrons. The standard InChI is InChI=1S/C12H17FO2S/c1-3-16-7-6-15-12-8-10(13)4-5-11(12)9(2)14/h4-5,8-9,14H,3,6-7H2,1-2H3/t9-/m1/s1. The molecule has 0 aliphatic carbocycles. The second kappa shape index (κ2) is 6.76. The largest absolute Gasteiger partial charge is 0.492 e. The van der Waals surface area contributed by atoms with E-state index in [-0.39, 0.29) is 5.82 Å². The van der Waals surface area contributed by atoms with Crippen molar-refractivity contribution in [1.29, 1.82) is 0 Å². The van der Waals surface area contributed by atoms with Gasteiger partial charge in [0.25, 0.3) is 0 Å². The van der Waals surface area contributed by atoms with Crippen molar-refractivity contribution < 1.29 is 14.2 Å². The molecule has 1 N–H and O–H groups in total. The topological polar surface area (TPSA) is 29.5 Å². The Bertz CT molecular complexity index is 329. The number of halogens is 1. The molecule has 2 nitrogen and oxygen atoms in total. The summed E-state index contributed by atoms with van der Waals surface area (Å²) >= 11 is 1.76. The van der Waals surface area contributed by atoms with E-state index in [0.717, 1.165) is 11.5 Å². The molecular formula is C12H17FO2S. The molecule has 0 saturated carbocycles. The Morgan fingerprint density at radius 1 is 1.50 bits per heavy atom. The Hall–Kier alpha value is -0.740. The van der Waals surface area contributed by atoms with E-state index in [9.17, 15) is 9.50 Å². The van der Waals surface area contributed by atoms with Crippen LogP contribution in [0.3, 0.4) is 0 Å². The van der Waals surface area contributed by atoms with Gasteiger partial charge in [-0.2, -0.15) is 11.8 Å². The maximum Gasteiger partial charge on any atom is 0.128 e. The van der Waals surface area contributed by atoms with Crippen molar-refractivity contribution >= 4 is 11.8 Å². The number of thioether (sulfide) groups is 1. The van der Waals surface area contributed by atoms with Gasteiger partial charge < -0.3 is 9.84 Å². The Morgan fingerprint density at radius 2 is 2.25 bits per heavy atom. The molecule has 0 aromatic heterocycles. The molecule has 0 heterocycles. The minimum atomic E-state index is -0.644. The fraction of sp³-hybridized carbons (Fsp3) is 0.500. The molecule has 1 rings (SSSR count). The lowest BCUT2D eigenvalue weighted by molar-refractivity contribution is 0.192. The van der Waals surface area contributed by atoms with E-state index in [0.29, 0.717) is 17.9 Å². The first-order valence-electron chi connectivity index (χ1n) is 5.33. The minimum Gasteiger partial charge on any atom is -0.492 e. The molecule has 0 saturated heterocycles. The quantitative estimate of drug-likeness (QED) is 0.780. The molecule has 4 heteroatoms. The normalized spacial score (nSPS) is 12.5. The zero-order valence-corrected chi connectivity index (χ0v) is 10.4. The first-order chi connectivity index (χ1) is 7.65. The van der Waals surface area contributed by atoms with Gasteiger partial charge in [0, 0.05) is 17.4 Å². The number of benzene rings is 1. The van der Waals surface area contributed by atoms with Gasteiger partial charge in [-0.05, 0) is 24.8 Å². The molecule has 1 aromatic carbocycles. The summed E-state index contributed by atoms with van der Waals surface area (Å²) in [7, 11) is 0. The van der Waals surface area contributed by atoms with Gasteiger partial charge in [0.15, 0.2) is 0 Å². The minimum absolute atomic E-state index is 0.345. The van der Waals surface area contributed by atoms with Crippen LogP contribution in [0.4, 0.5) is 4.39 Å². The number of hydrogen-bond donors (Lipinski definition) is 1. The van der Waals surface area contributed by atoms with Crippen molar-refractivity contribution in [3.63, 3.8) is 0 Å². The number of aliphatic hydroxyl groups is 1. The Labute approximate surface area is 99.8 Å². The molecule has 90 valence electrons. The maximum atomic E-state index is 13.0. The van der Waals surface area contributed by atoms with Gasteiger partial charge >= 0.3 is 0 Å². The Morgan fingerprint density at radius 3 is 2.88 bits per heavy atom. The molecule has 0 aliphatic heterocycles.